The summed E-state index contributed by atoms with van der Waals surface area (Å²) in [7, 11) is 0. The van der Waals surface area contributed by atoms with Crippen LogP contribution in [0.4, 0.5) is 13.2 Å². The molecule has 1 nitrogen and oxygen atoms in total. The molecule has 3 rings (SSSR count). The van der Waals surface area contributed by atoms with E-state index in [-0.39, 0.29) is 0 Å². The summed E-state index contributed by atoms with van der Waals surface area (Å²) in [5, 5.41) is 0.886. The van der Waals surface area contributed by atoms with E-state index in [4.69, 9.17) is 4.42 Å². The van der Waals surface area contributed by atoms with Gasteiger partial charge in [0.25, 0.3) is 0 Å². The van der Waals surface area contributed by atoms with Crippen LogP contribution in [0.25, 0.3) is 22.3 Å². The molecule has 0 atom stereocenters. The molecule has 0 saturated carbocycles. The molecular weight excluding hydrogens is 265 g/mol. The number of alkyl halides is 3. The molecule has 0 spiro atoms. The molecule has 0 radical (unpaired) electrons. The Morgan fingerprint density at radius 2 is 1.75 bits per heavy atom. The fourth-order valence-electron chi connectivity index (χ4n) is 2.15. The summed E-state index contributed by atoms with van der Waals surface area (Å²) in [6.07, 6.45) is -4.35. The van der Waals surface area contributed by atoms with Gasteiger partial charge in [0.05, 0.1) is 5.56 Å². The average Bonchev–Trinajstić information content (AvgIpc) is 2.81. The van der Waals surface area contributed by atoms with E-state index < -0.39 is 11.7 Å². The Kier molecular flexibility index (Phi) is 2.82. The van der Waals surface area contributed by atoms with Crippen molar-refractivity contribution >= 4 is 11.0 Å². The van der Waals surface area contributed by atoms with Crippen molar-refractivity contribution in [3.05, 3.63) is 59.7 Å². The topological polar surface area (TPSA) is 13.1 Å². The minimum Gasteiger partial charge on any atom is -0.456 e. The van der Waals surface area contributed by atoms with Gasteiger partial charge in [0, 0.05) is 10.9 Å². The molecule has 0 saturated heterocycles. The van der Waals surface area contributed by atoms with Crippen LogP contribution in [0.3, 0.4) is 0 Å². The quantitative estimate of drug-likeness (QED) is 0.577. The van der Waals surface area contributed by atoms with Gasteiger partial charge in [-0.15, -0.1) is 0 Å². The Balaban J connectivity index is 2.11. The number of fused-ring (bicyclic) bond motifs is 1. The van der Waals surface area contributed by atoms with E-state index in [1.165, 1.54) is 6.07 Å². The molecule has 0 aliphatic rings. The third-order valence-electron chi connectivity index (χ3n) is 3.15. The van der Waals surface area contributed by atoms with Crippen LogP contribution < -0.4 is 0 Å². The van der Waals surface area contributed by atoms with Crippen LogP contribution in [0.1, 0.15) is 11.1 Å². The van der Waals surface area contributed by atoms with Crippen molar-refractivity contribution in [3.63, 3.8) is 0 Å². The van der Waals surface area contributed by atoms with E-state index in [9.17, 15) is 13.2 Å². The van der Waals surface area contributed by atoms with Crippen molar-refractivity contribution in [1.29, 1.82) is 0 Å². The second kappa shape index (κ2) is 4.40. The molecule has 3 aromatic rings. The molecule has 4 heteroatoms. The molecule has 0 aliphatic heterocycles. The Bertz CT molecular complexity index is 769. The van der Waals surface area contributed by atoms with E-state index >= 15 is 0 Å². The van der Waals surface area contributed by atoms with Crippen molar-refractivity contribution < 1.29 is 17.6 Å². The normalized spacial score (nSPS) is 12.0. The smallest absolute Gasteiger partial charge is 0.416 e. The van der Waals surface area contributed by atoms with Crippen molar-refractivity contribution in [1.82, 2.24) is 0 Å². The van der Waals surface area contributed by atoms with Crippen molar-refractivity contribution in [3.8, 4) is 11.3 Å². The molecule has 2 aromatic carbocycles. The highest BCUT2D eigenvalue weighted by molar-refractivity contribution is 5.83. The van der Waals surface area contributed by atoms with Crippen molar-refractivity contribution in [2.24, 2.45) is 0 Å². The van der Waals surface area contributed by atoms with Gasteiger partial charge in [-0.1, -0.05) is 23.8 Å². The number of hydrogen-bond donors (Lipinski definition) is 0. The van der Waals surface area contributed by atoms with Crippen LogP contribution in [-0.2, 0) is 6.18 Å². The predicted octanol–water partition coefficient (Wildman–Crippen LogP) is 5.43. The van der Waals surface area contributed by atoms with E-state index in [0.29, 0.717) is 16.9 Å². The first-order valence-electron chi connectivity index (χ1n) is 6.11. The number of halogens is 3. The first-order chi connectivity index (χ1) is 9.43. The van der Waals surface area contributed by atoms with Crippen molar-refractivity contribution in [2.75, 3.05) is 0 Å². The van der Waals surface area contributed by atoms with E-state index in [2.05, 4.69) is 0 Å². The summed E-state index contributed by atoms with van der Waals surface area (Å²) in [6, 6.07) is 12.6. The maximum Gasteiger partial charge on any atom is 0.416 e. The van der Waals surface area contributed by atoms with E-state index in [1.807, 2.05) is 25.1 Å². The molecule has 102 valence electrons. The lowest BCUT2D eigenvalue weighted by molar-refractivity contribution is -0.137. The van der Waals surface area contributed by atoms with Gasteiger partial charge in [0.1, 0.15) is 11.3 Å². The maximum atomic E-state index is 12.7. The molecule has 0 N–H and O–H groups in total. The van der Waals surface area contributed by atoms with Crippen LogP contribution in [0.2, 0.25) is 0 Å². The summed E-state index contributed by atoms with van der Waals surface area (Å²) >= 11 is 0. The lowest BCUT2D eigenvalue weighted by Crippen LogP contribution is -2.04. The predicted molar refractivity (Wildman–Crippen MR) is 71.4 cm³/mol. The molecule has 0 fully saturated rings. The summed E-state index contributed by atoms with van der Waals surface area (Å²) in [4.78, 5) is 0. The molecule has 0 bridgehead atoms. The monoisotopic (exact) mass is 276 g/mol. The van der Waals surface area contributed by atoms with Gasteiger partial charge < -0.3 is 4.42 Å². The van der Waals surface area contributed by atoms with Gasteiger partial charge in [-0.2, -0.15) is 13.2 Å². The highest BCUT2D eigenvalue weighted by Crippen LogP contribution is 2.34. The van der Waals surface area contributed by atoms with Crippen LogP contribution in [0.5, 0.6) is 0 Å². The fourth-order valence-corrected chi connectivity index (χ4v) is 2.15. The zero-order chi connectivity index (χ0) is 14.3. The Morgan fingerprint density at radius 1 is 0.950 bits per heavy atom. The summed E-state index contributed by atoms with van der Waals surface area (Å²) in [6.45, 7) is 1.95. The second-order valence-corrected chi connectivity index (χ2v) is 4.73. The van der Waals surface area contributed by atoms with Crippen LogP contribution >= 0.6 is 0 Å². The molecule has 0 amide bonds. The fraction of sp³-hybridized carbons (Fsp3) is 0.125. The Morgan fingerprint density at radius 3 is 2.50 bits per heavy atom. The van der Waals surface area contributed by atoms with Crippen molar-refractivity contribution in [2.45, 2.75) is 13.1 Å². The largest absolute Gasteiger partial charge is 0.456 e. The zero-order valence-corrected chi connectivity index (χ0v) is 10.7. The van der Waals surface area contributed by atoms with Gasteiger partial charge in [-0.05, 0) is 37.3 Å². The van der Waals surface area contributed by atoms with Crippen LogP contribution in [0, 0.1) is 6.92 Å². The molecule has 0 unspecified atom stereocenters. The van der Waals surface area contributed by atoms with E-state index in [0.717, 1.165) is 23.1 Å². The van der Waals surface area contributed by atoms with E-state index in [1.54, 1.807) is 12.1 Å². The van der Waals surface area contributed by atoms with Crippen LogP contribution in [-0.4, -0.2) is 0 Å². The number of furan rings is 1. The third kappa shape index (κ3) is 2.29. The summed E-state index contributed by atoms with van der Waals surface area (Å²) in [5.41, 5.74) is 1.50. The zero-order valence-electron chi connectivity index (χ0n) is 10.7. The molecule has 20 heavy (non-hydrogen) atoms. The summed E-state index contributed by atoms with van der Waals surface area (Å²) < 4.78 is 43.7. The van der Waals surface area contributed by atoms with Gasteiger partial charge in [0.2, 0.25) is 0 Å². The minimum atomic E-state index is -4.35. The molecule has 1 heterocycles. The average molecular weight is 276 g/mol. The third-order valence-corrected chi connectivity index (χ3v) is 3.15. The van der Waals surface area contributed by atoms with Crippen LogP contribution in [0.15, 0.2) is 52.9 Å². The number of aryl methyl sites for hydroxylation is 1. The summed E-state index contributed by atoms with van der Waals surface area (Å²) in [5.74, 6) is 0.441. The second-order valence-electron chi connectivity index (χ2n) is 4.73. The van der Waals surface area contributed by atoms with Gasteiger partial charge >= 0.3 is 6.18 Å². The maximum absolute atomic E-state index is 12.7. The lowest BCUT2D eigenvalue weighted by atomic mass is 10.1. The lowest BCUT2D eigenvalue weighted by Gasteiger charge is -2.07. The SMILES string of the molecule is Cc1ccc2oc(-c3cccc(C(F)(F)F)c3)cc2c1. The van der Waals surface area contributed by atoms with Gasteiger partial charge in [-0.3, -0.25) is 0 Å². The van der Waals surface area contributed by atoms with Gasteiger partial charge in [-0.25, -0.2) is 0 Å². The highest BCUT2D eigenvalue weighted by Gasteiger charge is 2.30. The van der Waals surface area contributed by atoms with Gasteiger partial charge in [0.15, 0.2) is 0 Å². The molecular formula is C16H11F3O. The highest BCUT2D eigenvalue weighted by atomic mass is 19.4. The minimum absolute atomic E-state index is 0.425. The number of rotatable bonds is 1. The number of hydrogen-bond acceptors (Lipinski definition) is 1. The first kappa shape index (κ1) is 12.8. The Hall–Kier alpha value is -2.23. The molecule has 1 aromatic heterocycles. The Labute approximate surface area is 113 Å². The standard InChI is InChI=1S/C16H11F3O/c1-10-5-6-14-12(7-10)9-15(20-14)11-3-2-4-13(8-11)16(17,18)19/h2-9H,1H3. The number of benzene rings is 2. The molecule has 0 aliphatic carbocycles. The first-order valence-corrected chi connectivity index (χ1v) is 6.11.